The molecule has 0 aliphatic carbocycles. The Kier molecular flexibility index (Phi) is 12.1. The second kappa shape index (κ2) is 12.5. The van der Waals surface area contributed by atoms with Crippen LogP contribution in [0.2, 0.25) is 0 Å². The SMILES string of the molecule is CCCCC/C=C\C=C/C(O)CCCCC. The fourth-order valence-corrected chi connectivity index (χ4v) is 1.58. The molecule has 1 N–H and O–H groups in total. The molecule has 0 rings (SSSR count). The van der Waals surface area contributed by atoms with E-state index in [0.717, 1.165) is 19.3 Å². The van der Waals surface area contributed by atoms with Crippen LogP contribution >= 0.6 is 0 Å². The molecule has 0 aromatic rings. The molecule has 0 saturated carbocycles. The van der Waals surface area contributed by atoms with Gasteiger partial charge in [0.2, 0.25) is 0 Å². The molecule has 16 heavy (non-hydrogen) atoms. The maximum atomic E-state index is 9.60. The summed E-state index contributed by atoms with van der Waals surface area (Å²) in [5.41, 5.74) is 0. The van der Waals surface area contributed by atoms with E-state index >= 15 is 0 Å². The summed E-state index contributed by atoms with van der Waals surface area (Å²) < 4.78 is 0. The van der Waals surface area contributed by atoms with Gasteiger partial charge in [-0.1, -0.05) is 70.3 Å². The third-order valence-electron chi connectivity index (χ3n) is 2.66. The van der Waals surface area contributed by atoms with Gasteiger partial charge in [-0.25, -0.2) is 0 Å². The molecule has 0 aliphatic rings. The third-order valence-corrected chi connectivity index (χ3v) is 2.66. The van der Waals surface area contributed by atoms with E-state index in [4.69, 9.17) is 0 Å². The third kappa shape index (κ3) is 11.5. The van der Waals surface area contributed by atoms with Crippen LogP contribution in [0.15, 0.2) is 24.3 Å². The van der Waals surface area contributed by atoms with E-state index in [1.54, 1.807) is 0 Å². The van der Waals surface area contributed by atoms with Crippen LogP contribution in [-0.2, 0) is 0 Å². The van der Waals surface area contributed by atoms with Crippen molar-refractivity contribution in [1.82, 2.24) is 0 Å². The van der Waals surface area contributed by atoms with Gasteiger partial charge in [-0.15, -0.1) is 0 Å². The van der Waals surface area contributed by atoms with E-state index in [9.17, 15) is 5.11 Å². The topological polar surface area (TPSA) is 20.2 Å². The summed E-state index contributed by atoms with van der Waals surface area (Å²) in [6.45, 7) is 4.40. The van der Waals surface area contributed by atoms with E-state index in [2.05, 4.69) is 26.0 Å². The number of aliphatic hydroxyl groups is 1. The maximum Gasteiger partial charge on any atom is 0.0723 e. The Morgan fingerprint density at radius 2 is 1.62 bits per heavy atom. The molecule has 1 nitrogen and oxygen atoms in total. The Morgan fingerprint density at radius 3 is 2.31 bits per heavy atom. The molecule has 0 heterocycles. The first-order chi connectivity index (χ1) is 7.81. The average Bonchev–Trinajstić information content (AvgIpc) is 2.28. The summed E-state index contributed by atoms with van der Waals surface area (Å²) in [7, 11) is 0. The van der Waals surface area contributed by atoms with Crippen molar-refractivity contribution in [3.05, 3.63) is 24.3 Å². The van der Waals surface area contributed by atoms with Gasteiger partial charge in [0, 0.05) is 0 Å². The summed E-state index contributed by atoms with van der Waals surface area (Å²) in [6, 6.07) is 0. The molecule has 0 radical (unpaired) electrons. The predicted octanol–water partition coefficient (Wildman–Crippen LogP) is 4.62. The Labute approximate surface area is 101 Å². The largest absolute Gasteiger partial charge is 0.389 e. The minimum Gasteiger partial charge on any atom is -0.389 e. The molecule has 0 aliphatic heterocycles. The van der Waals surface area contributed by atoms with Crippen molar-refractivity contribution in [2.75, 3.05) is 0 Å². The lowest BCUT2D eigenvalue weighted by Crippen LogP contribution is -2.00. The predicted molar refractivity (Wildman–Crippen MR) is 72.6 cm³/mol. The second-order valence-corrected chi connectivity index (χ2v) is 4.37. The van der Waals surface area contributed by atoms with Gasteiger partial charge in [0.05, 0.1) is 6.10 Å². The van der Waals surface area contributed by atoms with Gasteiger partial charge in [0.15, 0.2) is 0 Å². The standard InChI is InChI=1S/C15H28O/c1-3-5-7-8-9-10-12-14-15(16)13-11-6-4-2/h9-10,12,14-16H,3-8,11,13H2,1-2H3/b10-9-,14-12-. The van der Waals surface area contributed by atoms with Gasteiger partial charge in [0.25, 0.3) is 0 Å². The average molecular weight is 224 g/mol. The van der Waals surface area contributed by atoms with E-state index < -0.39 is 0 Å². The van der Waals surface area contributed by atoms with Gasteiger partial charge < -0.3 is 5.11 Å². The molecule has 1 atom stereocenters. The zero-order valence-corrected chi connectivity index (χ0v) is 11.0. The van der Waals surface area contributed by atoms with Crippen LogP contribution in [0.5, 0.6) is 0 Å². The lowest BCUT2D eigenvalue weighted by Gasteiger charge is -2.02. The first-order valence-electron chi connectivity index (χ1n) is 6.82. The summed E-state index contributed by atoms with van der Waals surface area (Å²) in [5.74, 6) is 0. The quantitative estimate of drug-likeness (QED) is 0.424. The molecular weight excluding hydrogens is 196 g/mol. The highest BCUT2D eigenvalue weighted by molar-refractivity contribution is 5.04. The van der Waals surface area contributed by atoms with Crippen LogP contribution in [0, 0.1) is 0 Å². The highest BCUT2D eigenvalue weighted by Crippen LogP contribution is 2.04. The summed E-state index contributed by atoms with van der Waals surface area (Å²) >= 11 is 0. The molecule has 0 fully saturated rings. The smallest absolute Gasteiger partial charge is 0.0723 e. The summed E-state index contributed by atoms with van der Waals surface area (Å²) in [6.07, 6.45) is 17.3. The van der Waals surface area contributed by atoms with E-state index in [0.29, 0.717) is 0 Å². The molecule has 1 unspecified atom stereocenters. The molecule has 0 spiro atoms. The molecular formula is C15H28O. The number of unbranched alkanes of at least 4 members (excludes halogenated alkanes) is 5. The highest BCUT2D eigenvalue weighted by atomic mass is 16.3. The Balaban J connectivity index is 3.42. The van der Waals surface area contributed by atoms with Crippen molar-refractivity contribution < 1.29 is 5.11 Å². The number of rotatable bonds is 10. The Bertz CT molecular complexity index is 182. The minimum absolute atomic E-state index is 0.258. The van der Waals surface area contributed by atoms with Crippen LogP contribution in [-0.4, -0.2) is 11.2 Å². The fraction of sp³-hybridized carbons (Fsp3) is 0.733. The van der Waals surface area contributed by atoms with Crippen molar-refractivity contribution in [2.45, 2.75) is 71.3 Å². The summed E-state index contributed by atoms with van der Waals surface area (Å²) in [4.78, 5) is 0. The Morgan fingerprint density at radius 1 is 0.938 bits per heavy atom. The zero-order valence-electron chi connectivity index (χ0n) is 11.0. The number of hydrogen-bond acceptors (Lipinski definition) is 1. The molecule has 0 bridgehead atoms. The van der Waals surface area contributed by atoms with E-state index in [1.165, 1.54) is 32.1 Å². The van der Waals surface area contributed by atoms with E-state index in [-0.39, 0.29) is 6.10 Å². The van der Waals surface area contributed by atoms with Crippen molar-refractivity contribution in [3.63, 3.8) is 0 Å². The lowest BCUT2D eigenvalue weighted by molar-refractivity contribution is 0.208. The van der Waals surface area contributed by atoms with Crippen molar-refractivity contribution in [3.8, 4) is 0 Å². The Hall–Kier alpha value is -0.560. The zero-order chi connectivity index (χ0) is 12.1. The van der Waals surface area contributed by atoms with Crippen molar-refractivity contribution in [2.24, 2.45) is 0 Å². The molecule has 0 aromatic carbocycles. The van der Waals surface area contributed by atoms with Crippen LogP contribution in [0.4, 0.5) is 0 Å². The van der Waals surface area contributed by atoms with Gasteiger partial charge in [0.1, 0.15) is 0 Å². The van der Waals surface area contributed by atoms with Crippen LogP contribution < -0.4 is 0 Å². The van der Waals surface area contributed by atoms with Crippen molar-refractivity contribution >= 4 is 0 Å². The van der Waals surface area contributed by atoms with Gasteiger partial charge >= 0.3 is 0 Å². The van der Waals surface area contributed by atoms with Crippen LogP contribution in [0.3, 0.4) is 0 Å². The van der Waals surface area contributed by atoms with Gasteiger partial charge in [-0.3, -0.25) is 0 Å². The molecule has 1 heteroatoms. The normalized spacial score (nSPS) is 13.9. The maximum absolute atomic E-state index is 9.60. The second-order valence-electron chi connectivity index (χ2n) is 4.37. The minimum atomic E-state index is -0.258. The number of aliphatic hydroxyl groups excluding tert-OH is 1. The van der Waals surface area contributed by atoms with Crippen molar-refractivity contribution in [1.29, 1.82) is 0 Å². The number of allylic oxidation sites excluding steroid dienone is 3. The highest BCUT2D eigenvalue weighted by Gasteiger charge is 1.96. The summed E-state index contributed by atoms with van der Waals surface area (Å²) in [5, 5.41) is 9.60. The first kappa shape index (κ1) is 15.4. The molecule has 94 valence electrons. The van der Waals surface area contributed by atoms with Crippen LogP contribution in [0.25, 0.3) is 0 Å². The van der Waals surface area contributed by atoms with E-state index in [1.807, 2.05) is 12.2 Å². The molecule has 0 saturated heterocycles. The fourth-order valence-electron chi connectivity index (χ4n) is 1.58. The van der Waals surface area contributed by atoms with Gasteiger partial charge in [-0.2, -0.15) is 0 Å². The van der Waals surface area contributed by atoms with Crippen LogP contribution in [0.1, 0.15) is 65.2 Å². The van der Waals surface area contributed by atoms with Gasteiger partial charge in [-0.05, 0) is 19.3 Å². The number of hydrogen-bond donors (Lipinski definition) is 1. The first-order valence-corrected chi connectivity index (χ1v) is 6.82. The molecule has 0 aromatic heterocycles. The molecule has 0 amide bonds. The lowest BCUT2D eigenvalue weighted by atomic mass is 10.1. The monoisotopic (exact) mass is 224 g/mol.